The molecule has 10 heteroatoms. The topological polar surface area (TPSA) is 127 Å². The van der Waals surface area contributed by atoms with Crippen molar-refractivity contribution in [2.24, 2.45) is 4.99 Å². The highest BCUT2D eigenvalue weighted by atomic mass is 16.5. The number of hydrogen-bond donors (Lipinski definition) is 3. The van der Waals surface area contributed by atoms with Gasteiger partial charge in [0.25, 0.3) is 5.91 Å². The molecule has 0 radical (unpaired) electrons. The number of amides is 2. The van der Waals surface area contributed by atoms with Crippen LogP contribution in [0.15, 0.2) is 71.7 Å². The summed E-state index contributed by atoms with van der Waals surface area (Å²) in [5.74, 6) is -0.734. The number of benzene rings is 3. The lowest BCUT2D eigenvalue weighted by Gasteiger charge is -2.25. The van der Waals surface area contributed by atoms with E-state index < -0.39 is 5.97 Å². The number of aromatic hydroxyl groups is 1. The number of likely N-dealkylation sites (N-methyl/N-ethyl adjacent to an activating group) is 1. The van der Waals surface area contributed by atoms with E-state index in [1.165, 1.54) is 7.11 Å². The first-order valence-corrected chi connectivity index (χ1v) is 14.7. The molecule has 10 nitrogen and oxygen atoms in total. The summed E-state index contributed by atoms with van der Waals surface area (Å²) in [4.78, 5) is 49.8. The molecule has 0 aliphatic carbocycles. The van der Waals surface area contributed by atoms with Crippen LogP contribution in [0.3, 0.4) is 0 Å². The Labute approximate surface area is 256 Å². The Morgan fingerprint density at radius 2 is 1.70 bits per heavy atom. The first kappa shape index (κ1) is 30.5. The van der Waals surface area contributed by atoms with Crippen LogP contribution in [0.2, 0.25) is 0 Å². The van der Waals surface area contributed by atoms with Crippen LogP contribution in [-0.4, -0.2) is 90.3 Å². The fraction of sp³-hybridized carbons (Fsp3) is 0.294. The van der Waals surface area contributed by atoms with Crippen molar-refractivity contribution >= 4 is 40.1 Å². The number of aryl methyl sites for hydroxylation is 1. The van der Waals surface area contributed by atoms with Crippen molar-refractivity contribution in [2.45, 2.75) is 19.8 Å². The number of ether oxygens (including phenoxy) is 1. The van der Waals surface area contributed by atoms with Crippen LogP contribution in [0.25, 0.3) is 10.9 Å². The Hall–Kier alpha value is -4.96. The molecule has 0 saturated carbocycles. The van der Waals surface area contributed by atoms with E-state index in [4.69, 9.17) is 9.73 Å². The maximum Gasteiger partial charge on any atom is 0.338 e. The van der Waals surface area contributed by atoms with Crippen molar-refractivity contribution in [1.29, 1.82) is 0 Å². The molecular formula is C34H37N5O5. The van der Waals surface area contributed by atoms with E-state index in [9.17, 15) is 19.5 Å². The molecule has 0 spiro atoms. The van der Waals surface area contributed by atoms with Crippen LogP contribution in [0.5, 0.6) is 5.88 Å². The van der Waals surface area contributed by atoms with Gasteiger partial charge >= 0.3 is 5.97 Å². The molecule has 44 heavy (non-hydrogen) atoms. The summed E-state index contributed by atoms with van der Waals surface area (Å²) >= 11 is 0. The van der Waals surface area contributed by atoms with Gasteiger partial charge in [0.05, 0.1) is 29.6 Å². The van der Waals surface area contributed by atoms with E-state index in [2.05, 4.69) is 15.2 Å². The normalized spacial score (nSPS) is 15.5. The van der Waals surface area contributed by atoms with Crippen LogP contribution in [-0.2, 0) is 9.53 Å². The summed E-state index contributed by atoms with van der Waals surface area (Å²) < 4.78 is 4.91. The SMILES string of the molecule is COC(=O)c1cc2[nH]c(O)c(C(=Nc3ccc(C(=O)N4CCC(=O)NCCCN(C)CC4)cc3)c3ccccc3)c2cc1C. The molecule has 1 saturated heterocycles. The number of aliphatic imine (C=N–C) groups is 1. The summed E-state index contributed by atoms with van der Waals surface area (Å²) in [5, 5.41) is 14.7. The van der Waals surface area contributed by atoms with Crippen LogP contribution in [0.4, 0.5) is 5.69 Å². The number of aromatic nitrogens is 1. The van der Waals surface area contributed by atoms with Crippen LogP contribution >= 0.6 is 0 Å². The summed E-state index contributed by atoms with van der Waals surface area (Å²) in [7, 11) is 3.35. The number of H-pyrrole nitrogens is 1. The van der Waals surface area contributed by atoms with E-state index in [-0.39, 0.29) is 24.1 Å². The minimum Gasteiger partial charge on any atom is -0.494 e. The van der Waals surface area contributed by atoms with E-state index >= 15 is 0 Å². The molecule has 0 atom stereocenters. The monoisotopic (exact) mass is 595 g/mol. The summed E-state index contributed by atoms with van der Waals surface area (Å²) in [6.07, 6.45) is 1.13. The van der Waals surface area contributed by atoms with Gasteiger partial charge in [0, 0.05) is 54.6 Å². The molecular weight excluding hydrogens is 558 g/mol. The van der Waals surface area contributed by atoms with E-state index in [0.717, 1.165) is 25.1 Å². The second kappa shape index (κ2) is 13.6. The minimum absolute atomic E-state index is 0.0530. The number of methoxy groups -OCH3 is 1. The molecule has 1 aliphatic heterocycles. The van der Waals surface area contributed by atoms with Crippen molar-refractivity contribution in [1.82, 2.24) is 20.1 Å². The van der Waals surface area contributed by atoms with Crippen molar-refractivity contribution in [3.8, 4) is 5.88 Å². The molecule has 1 aliphatic rings. The quantitative estimate of drug-likeness (QED) is 0.232. The molecule has 228 valence electrons. The lowest BCUT2D eigenvalue weighted by molar-refractivity contribution is -0.121. The smallest absolute Gasteiger partial charge is 0.338 e. The Balaban J connectivity index is 1.48. The second-order valence-electron chi connectivity index (χ2n) is 11.0. The zero-order valence-corrected chi connectivity index (χ0v) is 25.2. The highest BCUT2D eigenvalue weighted by Gasteiger charge is 2.22. The molecule has 4 aromatic rings. The molecule has 5 rings (SSSR count). The molecule has 3 aromatic carbocycles. The average Bonchev–Trinajstić information content (AvgIpc) is 3.33. The van der Waals surface area contributed by atoms with Gasteiger partial charge < -0.3 is 29.9 Å². The fourth-order valence-corrected chi connectivity index (χ4v) is 5.38. The fourth-order valence-electron chi connectivity index (χ4n) is 5.38. The number of carbonyl (C=O) groups is 3. The third-order valence-corrected chi connectivity index (χ3v) is 7.85. The first-order chi connectivity index (χ1) is 21.2. The van der Waals surface area contributed by atoms with Gasteiger partial charge in [-0.25, -0.2) is 9.79 Å². The maximum absolute atomic E-state index is 13.5. The number of nitrogens with zero attached hydrogens (tertiary/aromatic N) is 3. The number of esters is 1. The van der Waals surface area contributed by atoms with Gasteiger partial charge in [-0.2, -0.15) is 0 Å². The van der Waals surface area contributed by atoms with Crippen molar-refractivity contribution in [3.05, 3.63) is 94.5 Å². The van der Waals surface area contributed by atoms with Crippen molar-refractivity contribution in [2.75, 3.05) is 46.9 Å². The summed E-state index contributed by atoms with van der Waals surface area (Å²) in [6.45, 7) is 4.88. The number of carbonyl (C=O) groups excluding carboxylic acids is 3. The molecule has 2 amide bonds. The van der Waals surface area contributed by atoms with Gasteiger partial charge in [-0.1, -0.05) is 30.3 Å². The van der Waals surface area contributed by atoms with E-state index in [1.54, 1.807) is 35.2 Å². The molecule has 2 heterocycles. The third kappa shape index (κ3) is 6.81. The van der Waals surface area contributed by atoms with Crippen molar-refractivity contribution in [3.63, 3.8) is 0 Å². The Kier molecular flexibility index (Phi) is 9.40. The highest BCUT2D eigenvalue weighted by molar-refractivity contribution is 6.22. The van der Waals surface area contributed by atoms with Crippen molar-refractivity contribution < 1.29 is 24.2 Å². The molecule has 0 unspecified atom stereocenters. The summed E-state index contributed by atoms with van der Waals surface area (Å²) in [6, 6.07) is 20.0. The Bertz CT molecular complexity index is 1690. The second-order valence-corrected chi connectivity index (χ2v) is 11.0. The highest BCUT2D eigenvalue weighted by Crippen LogP contribution is 2.33. The molecule has 3 N–H and O–H groups in total. The maximum atomic E-state index is 13.5. The van der Waals surface area contributed by atoms with Crippen LogP contribution < -0.4 is 5.32 Å². The number of aromatic amines is 1. The number of hydrogen-bond acceptors (Lipinski definition) is 7. The number of nitrogens with one attached hydrogen (secondary N) is 2. The predicted octanol–water partition coefficient (Wildman–Crippen LogP) is 4.42. The standard InChI is InChI=1S/C34H37N5O5/c1-22-20-27-28(21-26(22)34(43)44-3)37-32(41)30(27)31(23-8-5-4-6-9-23)36-25-12-10-24(11-13-25)33(42)39-17-14-29(40)35-15-7-16-38(2)18-19-39/h4-6,8-13,20-21,37,41H,7,14-19H2,1-3H3,(H,35,40). The van der Waals surface area contributed by atoms with Gasteiger partial charge in [-0.05, 0) is 68.9 Å². The number of rotatable bonds is 5. The van der Waals surface area contributed by atoms with Crippen LogP contribution in [0, 0.1) is 6.92 Å². The predicted molar refractivity (Wildman–Crippen MR) is 170 cm³/mol. The number of fused-ring (bicyclic) bond motifs is 1. The lowest BCUT2D eigenvalue weighted by atomic mass is 9.98. The first-order valence-electron chi connectivity index (χ1n) is 14.7. The van der Waals surface area contributed by atoms with E-state index in [1.807, 2.05) is 50.4 Å². The largest absolute Gasteiger partial charge is 0.494 e. The summed E-state index contributed by atoms with van der Waals surface area (Å²) in [5.41, 5.74) is 4.58. The van der Waals surface area contributed by atoms with Gasteiger partial charge in [0.15, 0.2) is 5.88 Å². The van der Waals surface area contributed by atoms with Gasteiger partial charge in [-0.3, -0.25) is 9.59 Å². The minimum atomic E-state index is -0.459. The van der Waals surface area contributed by atoms with Gasteiger partial charge in [-0.15, -0.1) is 0 Å². The third-order valence-electron chi connectivity index (χ3n) is 7.85. The Morgan fingerprint density at radius 1 is 0.955 bits per heavy atom. The zero-order chi connectivity index (χ0) is 31.2. The molecule has 1 aromatic heterocycles. The van der Waals surface area contributed by atoms with Gasteiger partial charge in [0.1, 0.15) is 0 Å². The lowest BCUT2D eigenvalue weighted by Crippen LogP contribution is -2.39. The van der Waals surface area contributed by atoms with Crippen LogP contribution in [0.1, 0.15) is 50.2 Å². The molecule has 1 fully saturated rings. The molecule has 0 bridgehead atoms. The zero-order valence-electron chi connectivity index (χ0n) is 25.2. The average molecular weight is 596 g/mol. The van der Waals surface area contributed by atoms with E-state index in [0.29, 0.717) is 64.2 Å². The Morgan fingerprint density at radius 3 is 2.43 bits per heavy atom. The van der Waals surface area contributed by atoms with Gasteiger partial charge in [0.2, 0.25) is 5.91 Å².